The summed E-state index contributed by atoms with van der Waals surface area (Å²) in [4.78, 5) is 12.0. The lowest BCUT2D eigenvalue weighted by molar-refractivity contribution is -0.122. The normalized spacial score (nSPS) is 20.4. The van der Waals surface area contributed by atoms with Gasteiger partial charge in [0.2, 0.25) is 5.91 Å². The zero-order valence-corrected chi connectivity index (χ0v) is 13.5. The molecule has 0 aliphatic carbocycles. The topological polar surface area (TPSA) is 38.3 Å². The quantitative estimate of drug-likeness (QED) is 0.881. The van der Waals surface area contributed by atoms with Crippen LogP contribution in [-0.4, -0.2) is 18.6 Å². The summed E-state index contributed by atoms with van der Waals surface area (Å²) in [5.74, 6) is 0.106. The molecule has 1 aliphatic rings. The van der Waals surface area contributed by atoms with Crippen LogP contribution >= 0.6 is 15.9 Å². The Bertz CT molecular complexity index is 427. The maximum Gasteiger partial charge on any atom is 0.220 e. The van der Waals surface area contributed by atoms with Crippen molar-refractivity contribution in [2.24, 2.45) is 0 Å². The molecule has 0 saturated carbocycles. The molecule has 0 aromatic heterocycles. The Kier molecular flexibility index (Phi) is 6.05. The van der Waals surface area contributed by atoms with Crippen LogP contribution in [0.15, 0.2) is 28.7 Å². The van der Waals surface area contributed by atoms with Crippen molar-refractivity contribution in [1.29, 1.82) is 0 Å². The average molecular weight is 340 g/mol. The van der Waals surface area contributed by atoms with Gasteiger partial charge in [0.1, 0.15) is 0 Å². The van der Waals surface area contributed by atoms with Crippen LogP contribution in [0.5, 0.6) is 0 Å². The number of ether oxygens (including phenoxy) is 1. The van der Waals surface area contributed by atoms with Gasteiger partial charge in [0, 0.05) is 17.5 Å². The molecule has 1 heterocycles. The van der Waals surface area contributed by atoms with Crippen molar-refractivity contribution in [3.63, 3.8) is 0 Å². The maximum atomic E-state index is 12.0. The Morgan fingerprint density at radius 3 is 2.80 bits per heavy atom. The number of benzene rings is 1. The minimum atomic E-state index is 0.0443. The summed E-state index contributed by atoms with van der Waals surface area (Å²) in [6.45, 7) is 2.86. The summed E-state index contributed by atoms with van der Waals surface area (Å²) in [5, 5.41) is 3.05. The van der Waals surface area contributed by atoms with E-state index in [0.717, 1.165) is 35.9 Å². The van der Waals surface area contributed by atoms with Crippen molar-refractivity contribution in [3.05, 3.63) is 34.3 Å². The number of amides is 1. The van der Waals surface area contributed by atoms with E-state index in [2.05, 4.69) is 21.2 Å². The van der Waals surface area contributed by atoms with Gasteiger partial charge in [0.25, 0.3) is 0 Å². The van der Waals surface area contributed by atoms with Gasteiger partial charge in [-0.2, -0.15) is 0 Å². The number of rotatable bonds is 5. The minimum absolute atomic E-state index is 0.0443. The third-order valence-electron chi connectivity index (χ3n) is 3.71. The van der Waals surface area contributed by atoms with Crippen LogP contribution in [0.1, 0.15) is 50.6 Å². The standard InChI is InChI=1S/C16H22BrNO2/c1-12(13-5-7-14(17)8-6-13)18-16(19)10-9-15-4-2-3-11-20-15/h5-8,12,15H,2-4,9-11H2,1H3,(H,18,19). The second-order valence-electron chi connectivity index (χ2n) is 5.37. The lowest BCUT2D eigenvalue weighted by Gasteiger charge is -2.22. The first-order valence-corrected chi connectivity index (χ1v) is 8.11. The Morgan fingerprint density at radius 1 is 1.40 bits per heavy atom. The van der Waals surface area contributed by atoms with Crippen LogP contribution in [0, 0.1) is 0 Å². The highest BCUT2D eigenvalue weighted by atomic mass is 79.9. The molecule has 20 heavy (non-hydrogen) atoms. The molecule has 1 fully saturated rings. The molecular weight excluding hydrogens is 318 g/mol. The summed E-state index contributed by atoms with van der Waals surface area (Å²) < 4.78 is 6.70. The van der Waals surface area contributed by atoms with E-state index < -0.39 is 0 Å². The average Bonchev–Trinajstić information content (AvgIpc) is 2.47. The first kappa shape index (κ1) is 15.5. The third-order valence-corrected chi connectivity index (χ3v) is 4.24. The van der Waals surface area contributed by atoms with E-state index in [4.69, 9.17) is 4.74 Å². The first-order chi connectivity index (χ1) is 9.65. The van der Waals surface area contributed by atoms with E-state index in [1.54, 1.807) is 0 Å². The van der Waals surface area contributed by atoms with E-state index in [1.165, 1.54) is 6.42 Å². The molecule has 1 N–H and O–H groups in total. The van der Waals surface area contributed by atoms with Crippen molar-refractivity contribution in [1.82, 2.24) is 5.32 Å². The predicted molar refractivity (Wildman–Crippen MR) is 83.5 cm³/mol. The van der Waals surface area contributed by atoms with E-state index in [1.807, 2.05) is 31.2 Å². The van der Waals surface area contributed by atoms with Crippen molar-refractivity contribution in [3.8, 4) is 0 Å². The smallest absolute Gasteiger partial charge is 0.220 e. The summed E-state index contributed by atoms with van der Waals surface area (Å²) in [6, 6.07) is 8.09. The summed E-state index contributed by atoms with van der Waals surface area (Å²) in [5.41, 5.74) is 1.12. The van der Waals surface area contributed by atoms with Gasteiger partial charge in [0.15, 0.2) is 0 Å². The predicted octanol–water partition coefficient (Wildman–Crippen LogP) is 3.98. The number of carbonyl (C=O) groups excluding carboxylic acids is 1. The minimum Gasteiger partial charge on any atom is -0.378 e. The van der Waals surface area contributed by atoms with Gasteiger partial charge in [-0.15, -0.1) is 0 Å². The fourth-order valence-corrected chi connectivity index (χ4v) is 2.74. The Hall–Kier alpha value is -0.870. The number of halogens is 1. The van der Waals surface area contributed by atoms with Gasteiger partial charge in [0.05, 0.1) is 12.1 Å². The number of carbonyl (C=O) groups is 1. The monoisotopic (exact) mass is 339 g/mol. The molecule has 1 aromatic rings. The second kappa shape index (κ2) is 7.79. The molecule has 0 spiro atoms. The number of nitrogens with one attached hydrogen (secondary N) is 1. The molecule has 3 nitrogen and oxygen atoms in total. The molecule has 1 saturated heterocycles. The Morgan fingerprint density at radius 2 is 2.15 bits per heavy atom. The second-order valence-corrected chi connectivity index (χ2v) is 6.28. The molecular formula is C16H22BrNO2. The molecule has 2 rings (SSSR count). The van der Waals surface area contributed by atoms with Gasteiger partial charge < -0.3 is 10.1 Å². The van der Waals surface area contributed by atoms with Crippen LogP contribution in [-0.2, 0) is 9.53 Å². The van der Waals surface area contributed by atoms with Crippen molar-refractivity contribution in [2.75, 3.05) is 6.61 Å². The highest BCUT2D eigenvalue weighted by Crippen LogP contribution is 2.19. The lowest BCUT2D eigenvalue weighted by atomic mass is 10.0. The summed E-state index contributed by atoms with van der Waals surface area (Å²) in [6.07, 6.45) is 5.13. The number of hydrogen-bond acceptors (Lipinski definition) is 2. The molecule has 2 unspecified atom stereocenters. The van der Waals surface area contributed by atoms with E-state index in [-0.39, 0.29) is 18.1 Å². The fourth-order valence-electron chi connectivity index (χ4n) is 2.48. The van der Waals surface area contributed by atoms with Crippen molar-refractivity contribution < 1.29 is 9.53 Å². The van der Waals surface area contributed by atoms with Crippen LogP contribution < -0.4 is 5.32 Å². The van der Waals surface area contributed by atoms with Gasteiger partial charge in [-0.25, -0.2) is 0 Å². The number of hydrogen-bond donors (Lipinski definition) is 1. The van der Waals surface area contributed by atoms with Crippen molar-refractivity contribution in [2.45, 2.75) is 51.2 Å². The van der Waals surface area contributed by atoms with E-state index in [9.17, 15) is 4.79 Å². The van der Waals surface area contributed by atoms with Crippen LogP contribution in [0.25, 0.3) is 0 Å². The van der Waals surface area contributed by atoms with Gasteiger partial charge in [-0.3, -0.25) is 4.79 Å². The van der Waals surface area contributed by atoms with Crippen molar-refractivity contribution >= 4 is 21.8 Å². The highest BCUT2D eigenvalue weighted by molar-refractivity contribution is 9.10. The molecule has 2 atom stereocenters. The first-order valence-electron chi connectivity index (χ1n) is 7.31. The molecule has 4 heteroatoms. The van der Waals surface area contributed by atoms with Gasteiger partial charge in [-0.05, 0) is 50.3 Å². The largest absolute Gasteiger partial charge is 0.378 e. The Balaban J connectivity index is 1.74. The maximum absolute atomic E-state index is 12.0. The SMILES string of the molecule is CC(NC(=O)CCC1CCCCO1)c1ccc(Br)cc1. The molecule has 0 radical (unpaired) electrons. The van der Waals surface area contributed by atoms with Gasteiger partial charge >= 0.3 is 0 Å². The molecule has 0 bridgehead atoms. The zero-order valence-electron chi connectivity index (χ0n) is 11.9. The van der Waals surface area contributed by atoms with Crippen LogP contribution in [0.4, 0.5) is 0 Å². The highest BCUT2D eigenvalue weighted by Gasteiger charge is 2.16. The van der Waals surface area contributed by atoms with Crippen LogP contribution in [0.3, 0.4) is 0 Å². The van der Waals surface area contributed by atoms with E-state index in [0.29, 0.717) is 6.42 Å². The fraction of sp³-hybridized carbons (Fsp3) is 0.562. The third kappa shape index (κ3) is 4.91. The molecule has 1 aromatic carbocycles. The molecule has 110 valence electrons. The summed E-state index contributed by atoms with van der Waals surface area (Å²) in [7, 11) is 0. The zero-order chi connectivity index (χ0) is 14.4. The van der Waals surface area contributed by atoms with E-state index >= 15 is 0 Å². The summed E-state index contributed by atoms with van der Waals surface area (Å²) >= 11 is 3.41. The molecule has 1 aliphatic heterocycles. The van der Waals surface area contributed by atoms with Gasteiger partial charge in [-0.1, -0.05) is 28.1 Å². The Labute approximate surface area is 129 Å². The van der Waals surface area contributed by atoms with Crippen LogP contribution in [0.2, 0.25) is 0 Å². The molecule has 1 amide bonds. The lowest BCUT2D eigenvalue weighted by Crippen LogP contribution is -2.28.